The second-order valence-corrected chi connectivity index (χ2v) is 7.75. The summed E-state index contributed by atoms with van der Waals surface area (Å²) in [6, 6.07) is 7.69. The Hall–Kier alpha value is -2.71. The highest BCUT2D eigenvalue weighted by Crippen LogP contribution is 2.36. The minimum absolute atomic E-state index is 0.112. The van der Waals surface area contributed by atoms with Crippen molar-refractivity contribution in [1.29, 1.82) is 0 Å². The molecule has 30 heavy (non-hydrogen) atoms. The van der Waals surface area contributed by atoms with E-state index in [4.69, 9.17) is 15.2 Å². The van der Waals surface area contributed by atoms with Gasteiger partial charge in [0.05, 0.1) is 38.6 Å². The highest BCUT2D eigenvalue weighted by Gasteiger charge is 2.32. The Labute approximate surface area is 177 Å². The summed E-state index contributed by atoms with van der Waals surface area (Å²) in [6.07, 6.45) is 4.67. The summed E-state index contributed by atoms with van der Waals surface area (Å²) in [6.45, 7) is 4.09. The predicted octanol–water partition coefficient (Wildman–Crippen LogP) is 2.12. The molecule has 0 aliphatic carbocycles. The van der Waals surface area contributed by atoms with Crippen LogP contribution in [0, 0.1) is 0 Å². The van der Waals surface area contributed by atoms with E-state index >= 15 is 0 Å². The first-order valence-electron chi connectivity index (χ1n) is 10.5. The Balaban J connectivity index is 1.64. The van der Waals surface area contributed by atoms with Crippen molar-refractivity contribution in [1.82, 2.24) is 19.8 Å². The zero-order valence-electron chi connectivity index (χ0n) is 17.4. The number of benzene rings is 1. The first kappa shape index (κ1) is 20.6. The minimum atomic E-state index is -0.112. The molecule has 4 rings (SSSR count). The molecule has 8 heteroatoms. The number of piperidine rings is 1. The lowest BCUT2D eigenvalue weighted by Gasteiger charge is -2.38. The number of aromatic nitrogens is 2. The zero-order valence-corrected chi connectivity index (χ0v) is 17.4. The van der Waals surface area contributed by atoms with Crippen molar-refractivity contribution < 1.29 is 14.3 Å². The molecule has 3 heterocycles. The van der Waals surface area contributed by atoms with Crippen LogP contribution in [0.25, 0.3) is 11.1 Å². The van der Waals surface area contributed by atoms with Gasteiger partial charge >= 0.3 is 0 Å². The molecule has 0 spiro atoms. The number of hydrogen-bond donors (Lipinski definition) is 1. The maximum atomic E-state index is 13.2. The second-order valence-electron chi connectivity index (χ2n) is 7.75. The van der Waals surface area contributed by atoms with Crippen LogP contribution in [0.1, 0.15) is 31.0 Å². The van der Waals surface area contributed by atoms with Gasteiger partial charge in [0.1, 0.15) is 5.75 Å². The van der Waals surface area contributed by atoms with Crippen LogP contribution in [0.5, 0.6) is 5.75 Å². The van der Waals surface area contributed by atoms with E-state index in [-0.39, 0.29) is 17.9 Å². The Morgan fingerprint density at radius 3 is 2.90 bits per heavy atom. The van der Waals surface area contributed by atoms with E-state index in [2.05, 4.69) is 14.9 Å². The number of carbonyl (C=O) groups excluding carboxylic acids is 1. The fourth-order valence-corrected chi connectivity index (χ4v) is 4.23. The van der Waals surface area contributed by atoms with Crippen LogP contribution >= 0.6 is 0 Å². The summed E-state index contributed by atoms with van der Waals surface area (Å²) in [7, 11) is 1.65. The third-order valence-electron chi connectivity index (χ3n) is 5.82. The highest BCUT2D eigenvalue weighted by atomic mass is 16.5. The Morgan fingerprint density at radius 2 is 2.10 bits per heavy atom. The molecule has 0 radical (unpaired) electrons. The molecule has 2 aliphatic heterocycles. The van der Waals surface area contributed by atoms with E-state index in [0.29, 0.717) is 19.8 Å². The number of morpholine rings is 1. The number of hydrogen-bond acceptors (Lipinski definition) is 7. The molecule has 0 bridgehead atoms. The standard InChI is InChI=1S/C22H29N5O3/c1-29-17-6-4-5-16(13-17)18-14-24-22(23)25-21(18)19-7-2-3-8-27(19)20(28)15-26-9-11-30-12-10-26/h4-6,13-14,19H,2-3,7-12,15H2,1H3,(H2,23,24,25)/t19-/m0/s1. The maximum Gasteiger partial charge on any atom is 0.237 e. The quantitative estimate of drug-likeness (QED) is 0.805. The molecule has 2 saturated heterocycles. The summed E-state index contributed by atoms with van der Waals surface area (Å²) in [4.78, 5) is 26.2. The molecule has 0 unspecified atom stereocenters. The van der Waals surface area contributed by atoms with E-state index in [1.165, 1.54) is 0 Å². The van der Waals surface area contributed by atoms with Gasteiger partial charge in [-0.25, -0.2) is 9.97 Å². The van der Waals surface area contributed by atoms with E-state index in [9.17, 15) is 4.79 Å². The largest absolute Gasteiger partial charge is 0.497 e. The Kier molecular flexibility index (Phi) is 6.44. The minimum Gasteiger partial charge on any atom is -0.497 e. The average molecular weight is 412 g/mol. The van der Waals surface area contributed by atoms with E-state index < -0.39 is 0 Å². The highest BCUT2D eigenvalue weighted by molar-refractivity contribution is 5.79. The van der Waals surface area contributed by atoms with Gasteiger partial charge in [-0.3, -0.25) is 9.69 Å². The summed E-state index contributed by atoms with van der Waals surface area (Å²) >= 11 is 0. The maximum absolute atomic E-state index is 13.2. The number of likely N-dealkylation sites (tertiary alicyclic amines) is 1. The van der Waals surface area contributed by atoms with Crippen molar-refractivity contribution in [3.63, 3.8) is 0 Å². The fraction of sp³-hybridized carbons (Fsp3) is 0.500. The number of ether oxygens (including phenoxy) is 2. The van der Waals surface area contributed by atoms with Gasteiger partial charge in [-0.2, -0.15) is 0 Å². The smallest absolute Gasteiger partial charge is 0.237 e. The normalized spacial score (nSPS) is 20.2. The summed E-state index contributed by atoms with van der Waals surface area (Å²) in [5, 5.41) is 0. The van der Waals surface area contributed by atoms with Gasteiger partial charge in [0.15, 0.2) is 0 Å². The van der Waals surface area contributed by atoms with Crippen molar-refractivity contribution in [3.8, 4) is 16.9 Å². The van der Waals surface area contributed by atoms with E-state index in [1.54, 1.807) is 13.3 Å². The first-order chi connectivity index (χ1) is 14.7. The number of amides is 1. The molecule has 0 saturated carbocycles. The molecule has 1 atom stereocenters. The van der Waals surface area contributed by atoms with Crippen molar-refractivity contribution in [2.45, 2.75) is 25.3 Å². The molecule has 8 nitrogen and oxygen atoms in total. The predicted molar refractivity (Wildman–Crippen MR) is 114 cm³/mol. The monoisotopic (exact) mass is 411 g/mol. The van der Waals surface area contributed by atoms with Crippen LogP contribution in [0.4, 0.5) is 5.95 Å². The third kappa shape index (κ3) is 4.55. The summed E-state index contributed by atoms with van der Waals surface area (Å²) in [5.41, 5.74) is 8.62. The van der Waals surface area contributed by atoms with Crippen molar-refractivity contribution in [2.24, 2.45) is 0 Å². The first-order valence-corrected chi connectivity index (χ1v) is 10.5. The van der Waals surface area contributed by atoms with Gasteiger partial charge in [-0.15, -0.1) is 0 Å². The summed E-state index contributed by atoms with van der Waals surface area (Å²) < 4.78 is 10.8. The van der Waals surface area contributed by atoms with Crippen LogP contribution < -0.4 is 10.5 Å². The van der Waals surface area contributed by atoms with E-state index in [0.717, 1.165) is 61.5 Å². The molecule has 1 amide bonds. The van der Waals surface area contributed by atoms with Crippen LogP contribution in [-0.4, -0.2) is 72.2 Å². The van der Waals surface area contributed by atoms with Crippen LogP contribution in [0.2, 0.25) is 0 Å². The van der Waals surface area contributed by atoms with Crippen molar-refractivity contribution in [2.75, 3.05) is 52.2 Å². The Morgan fingerprint density at radius 1 is 1.27 bits per heavy atom. The molecule has 2 N–H and O–H groups in total. The van der Waals surface area contributed by atoms with Crippen LogP contribution in [-0.2, 0) is 9.53 Å². The molecule has 2 aliphatic rings. The molecule has 2 aromatic rings. The zero-order chi connectivity index (χ0) is 20.9. The molecular formula is C22H29N5O3. The van der Waals surface area contributed by atoms with Gasteiger partial charge in [-0.1, -0.05) is 12.1 Å². The topological polar surface area (TPSA) is 93.8 Å². The fourth-order valence-electron chi connectivity index (χ4n) is 4.23. The number of nitrogen functional groups attached to an aromatic ring is 1. The Bertz CT molecular complexity index is 885. The van der Waals surface area contributed by atoms with Crippen LogP contribution in [0.3, 0.4) is 0 Å². The lowest BCUT2D eigenvalue weighted by Crippen LogP contribution is -2.47. The van der Waals surface area contributed by atoms with Gasteiger partial charge in [0, 0.05) is 31.4 Å². The van der Waals surface area contributed by atoms with Gasteiger partial charge < -0.3 is 20.1 Å². The number of methoxy groups -OCH3 is 1. The average Bonchev–Trinajstić information content (AvgIpc) is 2.79. The number of nitrogens with zero attached hydrogens (tertiary/aromatic N) is 4. The molecule has 1 aromatic carbocycles. The molecule has 1 aromatic heterocycles. The van der Waals surface area contributed by atoms with Crippen molar-refractivity contribution in [3.05, 3.63) is 36.2 Å². The molecule has 160 valence electrons. The number of carbonyl (C=O) groups is 1. The lowest BCUT2D eigenvalue weighted by molar-refractivity contribution is -0.137. The molecule has 2 fully saturated rings. The van der Waals surface area contributed by atoms with Gasteiger partial charge in [0.2, 0.25) is 11.9 Å². The van der Waals surface area contributed by atoms with Crippen LogP contribution in [0.15, 0.2) is 30.5 Å². The number of nitrogens with two attached hydrogens (primary N) is 1. The molecular weight excluding hydrogens is 382 g/mol. The second kappa shape index (κ2) is 9.40. The summed E-state index contributed by atoms with van der Waals surface area (Å²) in [5.74, 6) is 1.12. The van der Waals surface area contributed by atoms with Gasteiger partial charge in [-0.05, 0) is 37.0 Å². The number of anilines is 1. The third-order valence-corrected chi connectivity index (χ3v) is 5.82. The van der Waals surface area contributed by atoms with Gasteiger partial charge in [0.25, 0.3) is 0 Å². The number of rotatable bonds is 5. The van der Waals surface area contributed by atoms with E-state index in [1.807, 2.05) is 29.2 Å². The lowest BCUT2D eigenvalue weighted by atomic mass is 9.93. The SMILES string of the molecule is COc1cccc(-c2cnc(N)nc2[C@@H]2CCCCN2C(=O)CN2CCOCC2)c1. The van der Waals surface area contributed by atoms with Crippen molar-refractivity contribution >= 4 is 11.9 Å².